The number of esters is 1. The Morgan fingerprint density at radius 2 is 1.85 bits per heavy atom. The number of carbonyl (C=O) groups is 2. The summed E-state index contributed by atoms with van der Waals surface area (Å²) in [4.78, 5) is 27.1. The summed E-state index contributed by atoms with van der Waals surface area (Å²) in [6.07, 6.45) is 3.94. The molecule has 2 aromatic heterocycles. The molecular weight excluding hydrogens is 454 g/mol. The number of nitrogens with one attached hydrogen (secondary N) is 1. The molecular formula is C26H23NO4S2. The molecule has 0 fully saturated rings. The zero-order valence-corrected chi connectivity index (χ0v) is 19.8. The first-order valence-corrected chi connectivity index (χ1v) is 12.5. The van der Waals surface area contributed by atoms with Crippen LogP contribution in [0.3, 0.4) is 0 Å². The summed E-state index contributed by atoms with van der Waals surface area (Å²) in [5.74, 6) is 0.179. The van der Waals surface area contributed by atoms with Gasteiger partial charge in [0.05, 0.1) is 17.6 Å². The van der Waals surface area contributed by atoms with E-state index in [2.05, 4.69) is 17.4 Å². The summed E-state index contributed by atoms with van der Waals surface area (Å²) >= 11 is 2.86. The highest BCUT2D eigenvalue weighted by atomic mass is 32.1. The number of hydrogen-bond donors (Lipinski definition) is 1. The summed E-state index contributed by atoms with van der Waals surface area (Å²) in [6.45, 7) is 0.378. The van der Waals surface area contributed by atoms with Gasteiger partial charge in [-0.05, 0) is 65.6 Å². The van der Waals surface area contributed by atoms with Crippen LogP contribution in [0.2, 0.25) is 0 Å². The third-order valence-electron chi connectivity index (χ3n) is 5.79. The highest BCUT2D eigenvalue weighted by molar-refractivity contribution is 7.17. The van der Waals surface area contributed by atoms with E-state index in [1.807, 2.05) is 41.8 Å². The van der Waals surface area contributed by atoms with Gasteiger partial charge in [-0.3, -0.25) is 4.79 Å². The standard InChI is InChI=1S/C26H23NO4S2/c1-30-26(29)23-20-8-4-5-9-21(20)33-25(23)27-24(28)22-12-16(15-32-22)14-31-19-11-10-17-6-2-3-7-18(17)13-19/h2-3,6-7,10-13,15H,4-5,8-9,14H2,1H3,(H,27,28). The van der Waals surface area contributed by atoms with E-state index >= 15 is 0 Å². The average Bonchev–Trinajstić information content (AvgIpc) is 3.46. The van der Waals surface area contributed by atoms with Crippen LogP contribution in [-0.2, 0) is 24.2 Å². The van der Waals surface area contributed by atoms with Gasteiger partial charge in [0.1, 0.15) is 17.4 Å². The van der Waals surface area contributed by atoms with Gasteiger partial charge >= 0.3 is 5.97 Å². The maximum Gasteiger partial charge on any atom is 0.341 e. The molecule has 7 heteroatoms. The van der Waals surface area contributed by atoms with E-state index < -0.39 is 0 Å². The monoisotopic (exact) mass is 477 g/mol. The second-order valence-corrected chi connectivity index (χ2v) is 9.99. The van der Waals surface area contributed by atoms with E-state index in [0.717, 1.165) is 47.9 Å². The van der Waals surface area contributed by atoms with Gasteiger partial charge in [-0.1, -0.05) is 30.3 Å². The molecule has 33 heavy (non-hydrogen) atoms. The summed E-state index contributed by atoms with van der Waals surface area (Å²) in [6, 6.07) is 16.0. The molecule has 0 saturated carbocycles. The van der Waals surface area contributed by atoms with Crippen molar-refractivity contribution < 1.29 is 19.1 Å². The molecule has 5 rings (SSSR count). The Morgan fingerprint density at radius 3 is 2.70 bits per heavy atom. The van der Waals surface area contributed by atoms with Gasteiger partial charge in [0.25, 0.3) is 5.91 Å². The van der Waals surface area contributed by atoms with E-state index in [0.29, 0.717) is 22.0 Å². The largest absolute Gasteiger partial charge is 0.489 e. The van der Waals surface area contributed by atoms with Crippen molar-refractivity contribution >= 4 is 50.3 Å². The number of methoxy groups -OCH3 is 1. The number of amides is 1. The van der Waals surface area contributed by atoms with E-state index in [-0.39, 0.29) is 11.9 Å². The van der Waals surface area contributed by atoms with Crippen LogP contribution in [0.15, 0.2) is 53.9 Å². The minimum absolute atomic E-state index is 0.222. The quantitative estimate of drug-likeness (QED) is 0.324. The Kier molecular flexibility index (Phi) is 6.15. The lowest BCUT2D eigenvalue weighted by Crippen LogP contribution is -2.14. The molecule has 0 atom stereocenters. The number of benzene rings is 2. The van der Waals surface area contributed by atoms with Gasteiger partial charge < -0.3 is 14.8 Å². The molecule has 1 amide bonds. The predicted molar refractivity (Wildman–Crippen MR) is 133 cm³/mol. The fourth-order valence-corrected chi connectivity index (χ4v) is 6.20. The van der Waals surface area contributed by atoms with Crippen LogP contribution in [0, 0.1) is 0 Å². The molecule has 1 aliphatic rings. The van der Waals surface area contributed by atoms with Crippen molar-refractivity contribution in [3.63, 3.8) is 0 Å². The highest BCUT2D eigenvalue weighted by Gasteiger charge is 2.27. The number of carbonyl (C=O) groups excluding carboxylic acids is 2. The van der Waals surface area contributed by atoms with E-state index in [1.165, 1.54) is 40.0 Å². The second-order valence-electron chi connectivity index (χ2n) is 7.98. The first-order chi connectivity index (χ1) is 16.1. The number of rotatable bonds is 6. The van der Waals surface area contributed by atoms with Crippen LogP contribution in [0.5, 0.6) is 5.75 Å². The number of anilines is 1. The summed E-state index contributed by atoms with van der Waals surface area (Å²) in [5, 5.41) is 7.76. The topological polar surface area (TPSA) is 64.6 Å². The summed E-state index contributed by atoms with van der Waals surface area (Å²) in [7, 11) is 1.38. The maximum absolute atomic E-state index is 12.9. The van der Waals surface area contributed by atoms with E-state index in [1.54, 1.807) is 0 Å². The molecule has 0 bridgehead atoms. The van der Waals surface area contributed by atoms with Crippen LogP contribution in [-0.4, -0.2) is 19.0 Å². The van der Waals surface area contributed by atoms with Crippen molar-refractivity contribution in [2.24, 2.45) is 0 Å². The van der Waals surface area contributed by atoms with Crippen molar-refractivity contribution in [2.75, 3.05) is 12.4 Å². The van der Waals surface area contributed by atoms with Gasteiger partial charge in [0.2, 0.25) is 0 Å². The van der Waals surface area contributed by atoms with Crippen molar-refractivity contribution in [3.8, 4) is 5.75 Å². The van der Waals surface area contributed by atoms with Crippen molar-refractivity contribution in [3.05, 3.63) is 80.4 Å². The van der Waals surface area contributed by atoms with Crippen molar-refractivity contribution in [1.29, 1.82) is 0 Å². The molecule has 0 aliphatic heterocycles. The number of aryl methyl sites for hydroxylation is 1. The first-order valence-electron chi connectivity index (χ1n) is 10.9. The van der Waals surface area contributed by atoms with E-state index in [4.69, 9.17) is 9.47 Å². The Morgan fingerprint density at radius 1 is 1.03 bits per heavy atom. The SMILES string of the molecule is COC(=O)c1c(NC(=O)c2cc(COc3ccc4ccccc4c3)cs2)sc2c1CCCC2. The Balaban J connectivity index is 1.28. The van der Waals surface area contributed by atoms with Gasteiger partial charge in [0, 0.05) is 10.4 Å². The minimum atomic E-state index is -0.389. The van der Waals surface area contributed by atoms with Crippen LogP contribution in [0.1, 0.15) is 48.9 Å². The van der Waals surface area contributed by atoms with Crippen LogP contribution in [0.4, 0.5) is 5.00 Å². The normalized spacial score (nSPS) is 12.9. The Bertz CT molecular complexity index is 1340. The zero-order chi connectivity index (χ0) is 22.8. The Labute approximate surface area is 200 Å². The fourth-order valence-electron chi connectivity index (χ4n) is 4.13. The molecule has 1 aliphatic carbocycles. The van der Waals surface area contributed by atoms with Gasteiger partial charge in [-0.15, -0.1) is 22.7 Å². The Hall–Kier alpha value is -3.16. The molecule has 2 aromatic carbocycles. The fraction of sp³-hybridized carbons (Fsp3) is 0.231. The number of hydrogen-bond acceptors (Lipinski definition) is 6. The summed E-state index contributed by atoms with van der Waals surface area (Å²) < 4.78 is 10.9. The smallest absolute Gasteiger partial charge is 0.341 e. The molecule has 2 heterocycles. The van der Waals surface area contributed by atoms with Crippen LogP contribution in [0.25, 0.3) is 10.8 Å². The minimum Gasteiger partial charge on any atom is -0.489 e. The lowest BCUT2D eigenvalue weighted by atomic mass is 9.95. The average molecular weight is 478 g/mol. The zero-order valence-electron chi connectivity index (χ0n) is 18.2. The molecule has 5 nitrogen and oxygen atoms in total. The third-order valence-corrected chi connectivity index (χ3v) is 7.98. The lowest BCUT2D eigenvalue weighted by Gasteiger charge is -2.11. The highest BCUT2D eigenvalue weighted by Crippen LogP contribution is 2.39. The van der Waals surface area contributed by atoms with Crippen LogP contribution >= 0.6 is 22.7 Å². The molecule has 0 unspecified atom stereocenters. The molecule has 0 saturated heterocycles. The van der Waals surface area contributed by atoms with Gasteiger partial charge in [-0.25, -0.2) is 4.79 Å². The van der Waals surface area contributed by atoms with Crippen molar-refractivity contribution in [2.45, 2.75) is 32.3 Å². The summed E-state index contributed by atoms with van der Waals surface area (Å²) in [5.41, 5.74) is 2.47. The lowest BCUT2D eigenvalue weighted by molar-refractivity contribution is 0.0601. The molecule has 0 radical (unpaired) electrons. The van der Waals surface area contributed by atoms with Gasteiger partial charge in [0.15, 0.2) is 0 Å². The van der Waals surface area contributed by atoms with Crippen LogP contribution < -0.4 is 10.1 Å². The first kappa shape index (κ1) is 21.7. The van der Waals surface area contributed by atoms with E-state index in [9.17, 15) is 9.59 Å². The molecule has 168 valence electrons. The molecule has 0 spiro atoms. The van der Waals surface area contributed by atoms with Gasteiger partial charge in [-0.2, -0.15) is 0 Å². The molecule has 1 N–H and O–H groups in total. The number of ether oxygens (including phenoxy) is 2. The molecule has 4 aromatic rings. The maximum atomic E-state index is 12.9. The number of fused-ring (bicyclic) bond motifs is 2. The van der Waals surface area contributed by atoms with Crippen molar-refractivity contribution in [1.82, 2.24) is 0 Å². The third kappa shape index (κ3) is 4.51. The second kappa shape index (κ2) is 9.37. The predicted octanol–water partition coefficient (Wildman–Crippen LogP) is 6.46. The number of thiophene rings is 2.